The molecule has 92 valence electrons. The van der Waals surface area contributed by atoms with Gasteiger partial charge in [-0.05, 0) is 60.5 Å². The average Bonchev–Trinajstić information content (AvgIpc) is 2.24. The lowest BCUT2D eigenvalue weighted by atomic mass is 9.45. The van der Waals surface area contributed by atoms with E-state index in [4.69, 9.17) is 16.3 Å². The molecule has 2 nitrogen and oxygen atoms in total. The molecule has 3 fully saturated rings. The van der Waals surface area contributed by atoms with E-state index < -0.39 is 5.24 Å². The molecule has 0 unspecified atom stereocenters. The van der Waals surface area contributed by atoms with Crippen LogP contribution in [0.5, 0.6) is 0 Å². The van der Waals surface area contributed by atoms with Crippen LogP contribution in [0.1, 0.15) is 39.5 Å². The minimum absolute atomic E-state index is 0.0605. The first-order valence-electron chi connectivity index (χ1n) is 6.28. The van der Waals surface area contributed by atoms with Gasteiger partial charge in [0.05, 0.1) is 0 Å². The Morgan fingerprint density at radius 2 is 2.19 bits per heavy atom. The van der Waals surface area contributed by atoms with Crippen molar-refractivity contribution in [1.82, 2.24) is 0 Å². The molecule has 3 heteroatoms. The molecule has 2 bridgehead atoms. The van der Waals surface area contributed by atoms with Crippen LogP contribution in [0.25, 0.3) is 0 Å². The van der Waals surface area contributed by atoms with Crippen molar-refractivity contribution in [2.45, 2.75) is 39.5 Å². The van der Waals surface area contributed by atoms with Crippen molar-refractivity contribution in [3.8, 4) is 0 Å². The van der Waals surface area contributed by atoms with E-state index in [2.05, 4.69) is 13.8 Å². The Morgan fingerprint density at radius 3 is 2.75 bits per heavy atom. The van der Waals surface area contributed by atoms with Gasteiger partial charge in [0.15, 0.2) is 0 Å². The number of ether oxygens (including phenoxy) is 1. The quantitative estimate of drug-likeness (QED) is 0.548. The van der Waals surface area contributed by atoms with Gasteiger partial charge in [0.2, 0.25) is 5.24 Å². The summed E-state index contributed by atoms with van der Waals surface area (Å²) in [7, 11) is 0. The molecule has 0 amide bonds. The summed E-state index contributed by atoms with van der Waals surface area (Å²) in [6.45, 7) is 5.55. The van der Waals surface area contributed by atoms with Crippen molar-refractivity contribution < 1.29 is 9.53 Å². The van der Waals surface area contributed by atoms with Crippen molar-refractivity contribution in [2.75, 3.05) is 13.2 Å². The van der Waals surface area contributed by atoms with Crippen LogP contribution < -0.4 is 0 Å². The summed E-state index contributed by atoms with van der Waals surface area (Å²) < 4.78 is 5.25. The van der Waals surface area contributed by atoms with Gasteiger partial charge in [-0.1, -0.05) is 13.8 Å². The number of halogens is 1. The van der Waals surface area contributed by atoms with Crippen LogP contribution in [0.3, 0.4) is 0 Å². The molecule has 0 N–H and O–H groups in total. The number of fused-ring (bicyclic) bond motifs is 2. The highest BCUT2D eigenvalue weighted by molar-refractivity contribution is 6.63. The normalized spacial score (nSPS) is 35.6. The summed E-state index contributed by atoms with van der Waals surface area (Å²) in [6, 6.07) is 0. The molecule has 16 heavy (non-hydrogen) atoms. The van der Waals surface area contributed by atoms with Gasteiger partial charge in [-0.25, -0.2) is 0 Å². The standard InChI is InChI=1S/C13H21ClO2/c1-13(2)10-4-3-9(11(13)7-10)5-6-16-8-12(14)15/h9-11H,3-8H2,1-2H3/t9-,10-,11+/m0/s1. The SMILES string of the molecule is CC1(C)[C@H]2CC[C@@H](CCOCC(=O)Cl)[C@H]1C2. The number of hydrogen-bond acceptors (Lipinski definition) is 2. The predicted octanol–water partition coefficient (Wildman–Crippen LogP) is 3.23. The van der Waals surface area contributed by atoms with Crippen molar-refractivity contribution in [3.05, 3.63) is 0 Å². The molecule has 0 spiro atoms. The molecule has 0 aromatic carbocycles. The lowest BCUT2D eigenvalue weighted by molar-refractivity contribution is -0.119. The molecular formula is C13H21ClO2. The molecule has 3 rings (SSSR count). The number of hydrogen-bond donors (Lipinski definition) is 0. The van der Waals surface area contributed by atoms with E-state index in [-0.39, 0.29) is 6.61 Å². The summed E-state index contributed by atoms with van der Waals surface area (Å²) in [6.07, 6.45) is 5.22. The van der Waals surface area contributed by atoms with E-state index in [1.807, 2.05) is 0 Å². The zero-order valence-corrected chi connectivity index (χ0v) is 10.9. The lowest BCUT2D eigenvalue weighted by Crippen LogP contribution is -2.52. The van der Waals surface area contributed by atoms with E-state index in [9.17, 15) is 4.79 Å². The van der Waals surface area contributed by atoms with Gasteiger partial charge in [-0.15, -0.1) is 0 Å². The van der Waals surface area contributed by atoms with Gasteiger partial charge in [0, 0.05) is 6.61 Å². The van der Waals surface area contributed by atoms with Crippen LogP contribution in [0, 0.1) is 23.2 Å². The van der Waals surface area contributed by atoms with Crippen molar-refractivity contribution in [2.24, 2.45) is 23.2 Å². The number of rotatable bonds is 5. The van der Waals surface area contributed by atoms with Crippen molar-refractivity contribution >= 4 is 16.8 Å². The second-order valence-electron chi connectivity index (χ2n) is 5.89. The predicted molar refractivity (Wildman–Crippen MR) is 64.4 cm³/mol. The molecule has 0 heterocycles. The first-order valence-corrected chi connectivity index (χ1v) is 6.65. The zero-order valence-electron chi connectivity index (χ0n) is 10.2. The summed E-state index contributed by atoms with van der Waals surface area (Å²) in [5, 5.41) is -0.396. The lowest BCUT2D eigenvalue weighted by Gasteiger charge is -2.60. The second kappa shape index (κ2) is 4.66. The number of carbonyl (C=O) groups excluding carboxylic acids is 1. The van der Waals surface area contributed by atoms with E-state index in [1.54, 1.807) is 0 Å². The Morgan fingerprint density at radius 1 is 1.44 bits per heavy atom. The first-order chi connectivity index (χ1) is 7.51. The molecule has 3 aliphatic rings. The Labute approximate surface area is 103 Å². The molecule has 3 saturated carbocycles. The zero-order chi connectivity index (χ0) is 11.8. The average molecular weight is 245 g/mol. The van der Waals surface area contributed by atoms with Crippen LogP contribution in [0.15, 0.2) is 0 Å². The highest BCUT2D eigenvalue weighted by atomic mass is 35.5. The van der Waals surface area contributed by atoms with Crippen LogP contribution in [0.4, 0.5) is 0 Å². The second-order valence-corrected chi connectivity index (χ2v) is 6.32. The Kier molecular flexibility index (Phi) is 3.60. The van der Waals surface area contributed by atoms with Gasteiger partial charge in [-0.2, -0.15) is 0 Å². The number of carbonyl (C=O) groups is 1. The molecule has 0 aromatic rings. The minimum Gasteiger partial charge on any atom is -0.372 e. The summed E-state index contributed by atoms with van der Waals surface area (Å²) in [4.78, 5) is 10.5. The molecule has 3 atom stereocenters. The molecule has 0 radical (unpaired) electrons. The van der Waals surface area contributed by atoms with Crippen LogP contribution >= 0.6 is 11.6 Å². The third kappa shape index (κ3) is 2.28. The maximum Gasteiger partial charge on any atom is 0.247 e. The van der Waals surface area contributed by atoms with Crippen LogP contribution in [-0.4, -0.2) is 18.5 Å². The van der Waals surface area contributed by atoms with E-state index in [0.717, 1.165) is 24.2 Å². The van der Waals surface area contributed by atoms with Gasteiger partial charge >= 0.3 is 0 Å². The van der Waals surface area contributed by atoms with E-state index >= 15 is 0 Å². The smallest absolute Gasteiger partial charge is 0.247 e. The third-order valence-corrected chi connectivity index (χ3v) is 4.96. The maximum atomic E-state index is 10.5. The summed E-state index contributed by atoms with van der Waals surface area (Å²) in [5.41, 5.74) is 0.547. The maximum absolute atomic E-state index is 10.5. The highest BCUT2D eigenvalue weighted by Gasteiger charge is 2.53. The fraction of sp³-hybridized carbons (Fsp3) is 0.923. The van der Waals surface area contributed by atoms with E-state index in [0.29, 0.717) is 12.0 Å². The molecule has 3 aliphatic carbocycles. The van der Waals surface area contributed by atoms with Gasteiger partial charge in [0.1, 0.15) is 6.61 Å². The van der Waals surface area contributed by atoms with Crippen LogP contribution in [-0.2, 0) is 9.53 Å². The Bertz CT molecular complexity index is 273. The summed E-state index contributed by atoms with van der Waals surface area (Å²) >= 11 is 5.22. The van der Waals surface area contributed by atoms with E-state index in [1.165, 1.54) is 19.3 Å². The first kappa shape index (κ1) is 12.4. The third-order valence-electron chi connectivity index (χ3n) is 4.85. The fourth-order valence-corrected chi connectivity index (χ4v) is 3.77. The summed E-state index contributed by atoms with van der Waals surface area (Å²) in [5.74, 6) is 2.63. The van der Waals surface area contributed by atoms with Gasteiger partial charge < -0.3 is 4.74 Å². The fourth-order valence-electron chi connectivity index (χ4n) is 3.70. The van der Waals surface area contributed by atoms with Gasteiger partial charge in [0.25, 0.3) is 0 Å². The topological polar surface area (TPSA) is 26.3 Å². The van der Waals surface area contributed by atoms with Crippen LogP contribution in [0.2, 0.25) is 0 Å². The minimum atomic E-state index is -0.396. The Hall–Kier alpha value is -0.0800. The Balaban J connectivity index is 1.72. The molecule has 0 aliphatic heterocycles. The highest BCUT2D eigenvalue weighted by Crippen LogP contribution is 2.61. The molecular weight excluding hydrogens is 224 g/mol. The molecule has 0 aromatic heterocycles. The van der Waals surface area contributed by atoms with Crippen molar-refractivity contribution in [1.29, 1.82) is 0 Å². The molecule has 0 saturated heterocycles. The van der Waals surface area contributed by atoms with Gasteiger partial charge in [-0.3, -0.25) is 4.79 Å². The van der Waals surface area contributed by atoms with Crippen molar-refractivity contribution in [3.63, 3.8) is 0 Å². The monoisotopic (exact) mass is 244 g/mol. The largest absolute Gasteiger partial charge is 0.372 e.